The summed E-state index contributed by atoms with van der Waals surface area (Å²) in [5, 5.41) is 0.557. The number of aromatic nitrogens is 2. The third-order valence-corrected chi connectivity index (χ3v) is 3.93. The van der Waals surface area contributed by atoms with Crippen LogP contribution in [-0.2, 0) is 4.79 Å². The number of benzene rings is 1. The van der Waals surface area contributed by atoms with Crippen molar-refractivity contribution in [3.63, 3.8) is 0 Å². The highest BCUT2D eigenvalue weighted by molar-refractivity contribution is 9.10. The van der Waals surface area contributed by atoms with E-state index in [-0.39, 0.29) is 17.4 Å². The van der Waals surface area contributed by atoms with Gasteiger partial charge in [0.15, 0.2) is 0 Å². The fraction of sp³-hybridized carbons (Fsp3) is 0.214. The Hall–Kier alpha value is -1.95. The molecule has 20 heavy (non-hydrogen) atoms. The van der Waals surface area contributed by atoms with Crippen molar-refractivity contribution in [2.75, 3.05) is 13.1 Å². The van der Waals surface area contributed by atoms with Gasteiger partial charge in [-0.2, -0.15) is 0 Å². The monoisotopic (exact) mass is 333 g/mol. The van der Waals surface area contributed by atoms with Gasteiger partial charge in [-0.05, 0) is 24.3 Å². The smallest absolute Gasteiger partial charge is 0.258 e. The Balaban J connectivity index is 1.91. The number of halogens is 1. The summed E-state index contributed by atoms with van der Waals surface area (Å²) in [4.78, 5) is 32.4. The summed E-state index contributed by atoms with van der Waals surface area (Å²) in [6, 6.07) is 5.41. The number of aromatic amines is 1. The van der Waals surface area contributed by atoms with Gasteiger partial charge in [-0.25, -0.2) is 4.98 Å². The highest BCUT2D eigenvalue weighted by Gasteiger charge is 2.32. The van der Waals surface area contributed by atoms with Crippen molar-refractivity contribution >= 4 is 32.7 Å². The Morgan fingerprint density at radius 2 is 2.25 bits per heavy atom. The molecule has 6 heteroatoms. The summed E-state index contributed by atoms with van der Waals surface area (Å²) in [5.74, 6) is 0.630. The van der Waals surface area contributed by atoms with Gasteiger partial charge >= 0.3 is 0 Å². The first-order valence-corrected chi connectivity index (χ1v) is 6.98. The summed E-state index contributed by atoms with van der Waals surface area (Å²) < 4.78 is 0.844. The number of nitrogens with zero attached hydrogens (tertiary/aromatic N) is 2. The van der Waals surface area contributed by atoms with Gasteiger partial charge in [-0.3, -0.25) is 9.59 Å². The van der Waals surface area contributed by atoms with Crippen molar-refractivity contribution in [1.29, 1.82) is 0 Å². The van der Waals surface area contributed by atoms with Crippen LogP contribution < -0.4 is 5.56 Å². The van der Waals surface area contributed by atoms with E-state index in [9.17, 15) is 9.59 Å². The third kappa shape index (κ3) is 2.16. The van der Waals surface area contributed by atoms with Crippen molar-refractivity contribution in [2.24, 2.45) is 0 Å². The van der Waals surface area contributed by atoms with E-state index in [1.165, 1.54) is 6.08 Å². The highest BCUT2D eigenvalue weighted by atomic mass is 79.9. The molecule has 102 valence electrons. The maximum atomic E-state index is 12.1. The van der Waals surface area contributed by atoms with Crippen LogP contribution in [0.4, 0.5) is 0 Å². The molecule has 1 amide bonds. The number of nitrogens with one attached hydrogen (secondary N) is 1. The van der Waals surface area contributed by atoms with Crippen molar-refractivity contribution in [3.8, 4) is 0 Å². The van der Waals surface area contributed by atoms with Crippen molar-refractivity contribution in [1.82, 2.24) is 14.9 Å². The maximum Gasteiger partial charge on any atom is 0.258 e. The first kappa shape index (κ1) is 13.1. The number of H-pyrrole nitrogens is 1. The largest absolute Gasteiger partial charge is 0.338 e. The molecule has 5 nitrogen and oxygen atoms in total. The second-order valence-electron chi connectivity index (χ2n) is 4.76. The summed E-state index contributed by atoms with van der Waals surface area (Å²) in [5.41, 5.74) is 0.514. The standard InChI is InChI=1S/C14H12BrN3O2/c1-2-12(19)18-6-8(7-18)13-16-11-4-3-9(15)5-10(11)14(20)17-13/h2-5,8H,1,6-7H2,(H,16,17,20). The van der Waals surface area contributed by atoms with E-state index in [2.05, 4.69) is 32.5 Å². The van der Waals surface area contributed by atoms with Crippen molar-refractivity contribution in [3.05, 3.63) is 51.5 Å². The topological polar surface area (TPSA) is 66.1 Å². The number of rotatable bonds is 2. The van der Waals surface area contributed by atoms with E-state index in [0.717, 1.165) is 4.47 Å². The molecule has 1 aliphatic heterocycles. The molecule has 1 aliphatic rings. The fourth-order valence-electron chi connectivity index (χ4n) is 2.28. The number of likely N-dealkylation sites (tertiary alicyclic amines) is 1. The molecule has 3 rings (SSSR count). The van der Waals surface area contributed by atoms with Gasteiger partial charge in [0.1, 0.15) is 5.82 Å². The van der Waals surface area contributed by atoms with E-state index in [1.54, 1.807) is 11.0 Å². The predicted molar refractivity (Wildman–Crippen MR) is 79.6 cm³/mol. The molecule has 0 atom stereocenters. The van der Waals surface area contributed by atoms with Crippen LogP contribution in [0, 0.1) is 0 Å². The molecule has 0 aliphatic carbocycles. The Morgan fingerprint density at radius 1 is 1.50 bits per heavy atom. The average molecular weight is 334 g/mol. The number of hydrogen-bond donors (Lipinski definition) is 1. The van der Waals surface area contributed by atoms with Crippen LogP contribution in [0.2, 0.25) is 0 Å². The second-order valence-corrected chi connectivity index (χ2v) is 5.67. The minimum Gasteiger partial charge on any atom is -0.338 e. The van der Waals surface area contributed by atoms with Crippen LogP contribution in [0.15, 0.2) is 40.1 Å². The second kappa shape index (κ2) is 4.86. The van der Waals surface area contributed by atoms with Crippen LogP contribution >= 0.6 is 15.9 Å². The fourth-order valence-corrected chi connectivity index (χ4v) is 2.64. The van der Waals surface area contributed by atoms with E-state index in [0.29, 0.717) is 29.8 Å². The van der Waals surface area contributed by atoms with Gasteiger partial charge < -0.3 is 9.88 Å². The van der Waals surface area contributed by atoms with Gasteiger partial charge in [0.2, 0.25) is 5.91 Å². The van der Waals surface area contributed by atoms with E-state index in [1.807, 2.05) is 12.1 Å². The quantitative estimate of drug-likeness (QED) is 0.852. The van der Waals surface area contributed by atoms with Crippen molar-refractivity contribution in [2.45, 2.75) is 5.92 Å². The Bertz CT molecular complexity index is 763. The van der Waals surface area contributed by atoms with E-state index >= 15 is 0 Å². The van der Waals surface area contributed by atoms with E-state index < -0.39 is 0 Å². The number of carbonyl (C=O) groups is 1. The number of amides is 1. The van der Waals surface area contributed by atoms with Gasteiger partial charge in [0.25, 0.3) is 5.56 Å². The molecule has 0 saturated carbocycles. The molecule has 0 radical (unpaired) electrons. The lowest BCUT2D eigenvalue weighted by Gasteiger charge is -2.37. The molecule has 1 N–H and O–H groups in total. The average Bonchev–Trinajstić information content (AvgIpc) is 2.37. The molecule has 2 heterocycles. The Kier molecular flexibility index (Phi) is 3.17. The lowest BCUT2D eigenvalue weighted by Crippen LogP contribution is -2.48. The zero-order chi connectivity index (χ0) is 14.3. The highest BCUT2D eigenvalue weighted by Crippen LogP contribution is 2.25. The predicted octanol–water partition coefficient (Wildman–Crippen LogP) is 1.80. The Morgan fingerprint density at radius 3 is 2.95 bits per heavy atom. The van der Waals surface area contributed by atoms with Gasteiger partial charge in [-0.15, -0.1) is 0 Å². The molecular formula is C14H12BrN3O2. The van der Waals surface area contributed by atoms with Crippen LogP contribution in [0.25, 0.3) is 10.9 Å². The van der Waals surface area contributed by atoms with Crippen LogP contribution in [0.1, 0.15) is 11.7 Å². The summed E-state index contributed by atoms with van der Waals surface area (Å²) >= 11 is 3.34. The summed E-state index contributed by atoms with van der Waals surface area (Å²) in [6.07, 6.45) is 1.30. The molecule has 0 spiro atoms. The number of fused-ring (bicyclic) bond motifs is 1. The normalized spacial score (nSPS) is 15.2. The van der Waals surface area contributed by atoms with Gasteiger partial charge in [-0.1, -0.05) is 22.5 Å². The number of hydrogen-bond acceptors (Lipinski definition) is 3. The molecule has 1 aromatic heterocycles. The molecule has 1 saturated heterocycles. The minimum atomic E-state index is -0.153. The first-order chi connectivity index (χ1) is 9.58. The van der Waals surface area contributed by atoms with Crippen molar-refractivity contribution < 1.29 is 4.79 Å². The van der Waals surface area contributed by atoms with Gasteiger partial charge in [0, 0.05) is 17.6 Å². The minimum absolute atomic E-state index is 0.0830. The molecule has 0 bridgehead atoms. The van der Waals surface area contributed by atoms with Crippen LogP contribution in [-0.4, -0.2) is 33.9 Å². The molecular weight excluding hydrogens is 322 g/mol. The summed E-state index contributed by atoms with van der Waals surface area (Å²) in [7, 11) is 0. The van der Waals surface area contributed by atoms with Gasteiger partial charge in [0.05, 0.1) is 16.8 Å². The van der Waals surface area contributed by atoms with Crippen LogP contribution in [0.3, 0.4) is 0 Å². The molecule has 1 aromatic carbocycles. The number of carbonyl (C=O) groups excluding carboxylic acids is 1. The zero-order valence-corrected chi connectivity index (χ0v) is 12.2. The summed E-state index contributed by atoms with van der Waals surface area (Å²) in [6.45, 7) is 4.59. The van der Waals surface area contributed by atoms with E-state index in [4.69, 9.17) is 0 Å². The van der Waals surface area contributed by atoms with Crippen LogP contribution in [0.5, 0.6) is 0 Å². The first-order valence-electron chi connectivity index (χ1n) is 6.19. The molecule has 2 aromatic rings. The SMILES string of the molecule is C=CC(=O)N1CC(c2nc3ccc(Br)cc3c(=O)[nH]2)C1. The lowest BCUT2D eigenvalue weighted by molar-refractivity contribution is -0.130. The molecule has 1 fully saturated rings. The maximum absolute atomic E-state index is 12.1. The lowest BCUT2D eigenvalue weighted by atomic mass is 9.99. The Labute approximate surface area is 123 Å². The third-order valence-electron chi connectivity index (χ3n) is 3.44. The zero-order valence-electron chi connectivity index (χ0n) is 10.6. The molecule has 0 unspecified atom stereocenters.